The summed E-state index contributed by atoms with van der Waals surface area (Å²) >= 11 is 0. The first kappa shape index (κ1) is 19.6. The van der Waals surface area contributed by atoms with Crippen LogP contribution in [0.15, 0.2) is 124 Å². The Kier molecular flexibility index (Phi) is 4.26. The van der Waals surface area contributed by atoms with Crippen LogP contribution in [0.5, 0.6) is 11.5 Å². The van der Waals surface area contributed by atoms with Crippen molar-refractivity contribution < 1.29 is 9.15 Å². The molecule has 0 atom stereocenters. The van der Waals surface area contributed by atoms with Crippen molar-refractivity contribution >= 4 is 38.8 Å². The molecule has 0 amide bonds. The number of hydrogen-bond donors (Lipinski definition) is 0. The van der Waals surface area contributed by atoms with E-state index < -0.39 is 0 Å². The average Bonchev–Trinajstić information content (AvgIpc) is 2.92. The quantitative estimate of drug-likeness (QED) is 0.195. The van der Waals surface area contributed by atoms with Crippen molar-refractivity contribution in [3.63, 3.8) is 0 Å². The summed E-state index contributed by atoms with van der Waals surface area (Å²) in [5.74, 6) is 1.56. The van der Waals surface area contributed by atoms with E-state index >= 15 is 0 Å². The van der Waals surface area contributed by atoms with Gasteiger partial charge in [0.25, 0.3) is 0 Å². The van der Waals surface area contributed by atoms with E-state index in [0.717, 1.165) is 50.5 Å². The molecule has 0 spiro atoms. The molecule has 35 heavy (non-hydrogen) atoms. The molecule has 166 valence electrons. The summed E-state index contributed by atoms with van der Waals surface area (Å²) in [5, 5.41) is 2.38. The minimum absolute atomic E-state index is 0.334. The lowest BCUT2D eigenvalue weighted by Gasteiger charge is -2.33. The zero-order valence-corrected chi connectivity index (χ0v) is 18.6. The normalized spacial score (nSPS) is 12.3. The molecule has 5 aromatic carbocycles. The highest BCUT2D eigenvalue weighted by atomic mass is 16.5. The van der Waals surface area contributed by atoms with E-state index in [0.29, 0.717) is 11.0 Å². The predicted molar refractivity (Wildman–Crippen MR) is 140 cm³/mol. The summed E-state index contributed by atoms with van der Waals surface area (Å²) < 4.78 is 11.9. The molecular formula is C31H19NO3. The van der Waals surface area contributed by atoms with Gasteiger partial charge in [-0.15, -0.1) is 0 Å². The third kappa shape index (κ3) is 3.11. The molecule has 0 saturated carbocycles. The van der Waals surface area contributed by atoms with E-state index in [1.165, 1.54) is 0 Å². The highest BCUT2D eigenvalue weighted by molar-refractivity contribution is 6.05. The van der Waals surface area contributed by atoms with E-state index in [1.54, 1.807) is 0 Å². The lowest BCUT2D eigenvalue weighted by atomic mass is 9.99. The maximum atomic E-state index is 12.7. The van der Waals surface area contributed by atoms with Gasteiger partial charge in [-0.05, 0) is 65.0 Å². The fourth-order valence-electron chi connectivity index (χ4n) is 4.85. The lowest BCUT2D eigenvalue weighted by Crippen LogP contribution is -2.15. The van der Waals surface area contributed by atoms with Crippen molar-refractivity contribution in [2.45, 2.75) is 0 Å². The van der Waals surface area contributed by atoms with Crippen LogP contribution in [0.4, 0.5) is 17.1 Å². The van der Waals surface area contributed by atoms with Gasteiger partial charge < -0.3 is 14.1 Å². The summed E-state index contributed by atoms with van der Waals surface area (Å²) in [5.41, 5.74) is 5.17. The van der Waals surface area contributed by atoms with Gasteiger partial charge in [0, 0.05) is 11.1 Å². The number of nitrogens with zero attached hydrogens (tertiary/aromatic N) is 1. The monoisotopic (exact) mass is 453 g/mol. The van der Waals surface area contributed by atoms with Crippen LogP contribution in [0, 0.1) is 0 Å². The van der Waals surface area contributed by atoms with Gasteiger partial charge in [0.1, 0.15) is 5.58 Å². The molecule has 1 aromatic heterocycles. The number of rotatable bonds is 2. The Balaban J connectivity index is 1.38. The molecular weight excluding hydrogens is 434 g/mol. The Bertz CT molecular complexity index is 1800. The van der Waals surface area contributed by atoms with Crippen LogP contribution in [0.2, 0.25) is 0 Å². The molecule has 4 heteroatoms. The highest BCUT2D eigenvalue weighted by Gasteiger charge is 2.25. The van der Waals surface area contributed by atoms with Crippen molar-refractivity contribution in [3.05, 3.63) is 126 Å². The SMILES string of the molecule is O=c1oc2ccccc2c2ccc(-c3ccc4c(c3)Oc3ccccc3N4c3ccccc3)cc12. The van der Waals surface area contributed by atoms with Crippen LogP contribution in [0.25, 0.3) is 32.9 Å². The summed E-state index contributed by atoms with van der Waals surface area (Å²) in [6, 6.07) is 38.0. The number of anilines is 3. The van der Waals surface area contributed by atoms with Crippen molar-refractivity contribution in [2.24, 2.45) is 0 Å². The van der Waals surface area contributed by atoms with Gasteiger partial charge in [-0.25, -0.2) is 4.79 Å². The number of para-hydroxylation sites is 4. The van der Waals surface area contributed by atoms with Gasteiger partial charge in [0.2, 0.25) is 0 Å². The topological polar surface area (TPSA) is 42.7 Å². The Hall–Kier alpha value is -4.83. The molecule has 1 aliphatic rings. The molecule has 1 aliphatic heterocycles. The Morgan fingerprint density at radius 3 is 2.17 bits per heavy atom. The van der Waals surface area contributed by atoms with E-state index in [4.69, 9.17) is 9.15 Å². The number of hydrogen-bond acceptors (Lipinski definition) is 4. The molecule has 0 fully saturated rings. The summed E-state index contributed by atoms with van der Waals surface area (Å²) in [7, 11) is 0. The van der Waals surface area contributed by atoms with Gasteiger partial charge in [-0.2, -0.15) is 0 Å². The molecule has 0 radical (unpaired) electrons. The zero-order valence-electron chi connectivity index (χ0n) is 18.6. The Labute approximate surface area is 201 Å². The average molecular weight is 453 g/mol. The van der Waals surface area contributed by atoms with E-state index in [1.807, 2.05) is 84.9 Å². The molecule has 6 aromatic rings. The second-order valence-electron chi connectivity index (χ2n) is 8.57. The van der Waals surface area contributed by atoms with Gasteiger partial charge in [0.15, 0.2) is 11.5 Å². The number of ether oxygens (including phenoxy) is 1. The van der Waals surface area contributed by atoms with Gasteiger partial charge >= 0.3 is 5.63 Å². The fourth-order valence-corrected chi connectivity index (χ4v) is 4.85. The minimum atomic E-state index is -0.334. The molecule has 0 bridgehead atoms. The van der Waals surface area contributed by atoms with Gasteiger partial charge in [-0.3, -0.25) is 0 Å². The molecule has 7 rings (SSSR count). The predicted octanol–water partition coefficient (Wildman–Crippen LogP) is 8.19. The van der Waals surface area contributed by atoms with Crippen LogP contribution in [0.1, 0.15) is 0 Å². The first-order chi connectivity index (χ1) is 17.3. The highest BCUT2D eigenvalue weighted by Crippen LogP contribution is 2.51. The molecule has 0 N–H and O–H groups in total. The second-order valence-corrected chi connectivity index (χ2v) is 8.57. The first-order valence-corrected chi connectivity index (χ1v) is 11.5. The van der Waals surface area contributed by atoms with E-state index in [-0.39, 0.29) is 5.63 Å². The maximum absolute atomic E-state index is 12.7. The van der Waals surface area contributed by atoms with Crippen LogP contribution >= 0.6 is 0 Å². The third-order valence-electron chi connectivity index (χ3n) is 6.49. The summed E-state index contributed by atoms with van der Waals surface area (Å²) in [6.07, 6.45) is 0. The molecule has 0 saturated heterocycles. The van der Waals surface area contributed by atoms with Gasteiger partial charge in [-0.1, -0.05) is 66.7 Å². The van der Waals surface area contributed by atoms with Crippen molar-refractivity contribution in [1.82, 2.24) is 0 Å². The standard InChI is InChI=1S/C31H19NO3/c33-31-25-18-20(14-16-23(25)24-10-4-6-12-28(24)35-31)21-15-17-27-30(19-21)34-29-13-7-5-11-26(29)32(27)22-8-2-1-3-9-22/h1-19H. The second kappa shape index (κ2) is 7.61. The van der Waals surface area contributed by atoms with Crippen molar-refractivity contribution in [2.75, 3.05) is 4.90 Å². The smallest absolute Gasteiger partial charge is 0.344 e. The van der Waals surface area contributed by atoms with Crippen LogP contribution < -0.4 is 15.3 Å². The van der Waals surface area contributed by atoms with E-state index in [2.05, 4.69) is 35.2 Å². The van der Waals surface area contributed by atoms with Crippen molar-refractivity contribution in [3.8, 4) is 22.6 Å². The summed E-state index contributed by atoms with van der Waals surface area (Å²) in [6.45, 7) is 0. The third-order valence-corrected chi connectivity index (χ3v) is 6.49. The molecule has 4 nitrogen and oxygen atoms in total. The molecule has 0 unspecified atom stereocenters. The molecule has 2 heterocycles. The van der Waals surface area contributed by atoms with Crippen molar-refractivity contribution in [1.29, 1.82) is 0 Å². The maximum Gasteiger partial charge on any atom is 0.344 e. The number of fused-ring (bicyclic) bond motifs is 5. The largest absolute Gasteiger partial charge is 0.453 e. The van der Waals surface area contributed by atoms with Crippen LogP contribution in [0.3, 0.4) is 0 Å². The van der Waals surface area contributed by atoms with Crippen LogP contribution in [-0.4, -0.2) is 0 Å². The van der Waals surface area contributed by atoms with Crippen LogP contribution in [-0.2, 0) is 0 Å². The Morgan fingerprint density at radius 1 is 0.543 bits per heavy atom. The first-order valence-electron chi connectivity index (χ1n) is 11.5. The lowest BCUT2D eigenvalue weighted by molar-refractivity contribution is 0.477. The Morgan fingerprint density at radius 2 is 1.26 bits per heavy atom. The number of benzene rings is 5. The minimum Gasteiger partial charge on any atom is -0.453 e. The zero-order chi connectivity index (χ0) is 23.4. The molecule has 0 aliphatic carbocycles. The van der Waals surface area contributed by atoms with E-state index in [9.17, 15) is 4.79 Å². The summed E-state index contributed by atoms with van der Waals surface area (Å²) in [4.78, 5) is 15.0. The fraction of sp³-hybridized carbons (Fsp3) is 0. The van der Waals surface area contributed by atoms with Gasteiger partial charge in [0.05, 0.1) is 16.8 Å².